The van der Waals surface area contributed by atoms with Gasteiger partial charge in [0.1, 0.15) is 11.6 Å². The van der Waals surface area contributed by atoms with Gasteiger partial charge in [0.2, 0.25) is 0 Å². The van der Waals surface area contributed by atoms with Crippen molar-refractivity contribution in [3.63, 3.8) is 0 Å². The zero-order valence-corrected chi connectivity index (χ0v) is 14.5. The number of halogens is 1. The number of aryl methyl sites for hydroxylation is 2. The summed E-state index contributed by atoms with van der Waals surface area (Å²) in [5.74, 6) is 0.519. The Kier molecular flexibility index (Phi) is 4.12. The fraction of sp³-hybridized carbons (Fsp3) is 0.294. The number of benzene rings is 1. The summed E-state index contributed by atoms with van der Waals surface area (Å²) in [5, 5.41) is 14.0. The molecule has 0 aliphatic rings. The largest absolute Gasteiger partial charge is 0.338 e. The Morgan fingerprint density at radius 1 is 1.28 bits per heavy atom. The fourth-order valence-corrected chi connectivity index (χ4v) is 2.50. The first-order valence-corrected chi connectivity index (χ1v) is 7.78. The minimum Gasteiger partial charge on any atom is -0.338 e. The lowest BCUT2D eigenvalue weighted by molar-refractivity contribution is 0.0902. The minimum absolute atomic E-state index is 0.266. The summed E-state index contributed by atoms with van der Waals surface area (Å²) in [6.45, 7) is 5.43. The van der Waals surface area contributed by atoms with E-state index in [2.05, 4.69) is 25.6 Å². The lowest BCUT2D eigenvalue weighted by atomic mass is 10.0. The van der Waals surface area contributed by atoms with E-state index in [1.807, 2.05) is 13.8 Å². The van der Waals surface area contributed by atoms with Crippen LogP contribution >= 0.6 is 0 Å². The van der Waals surface area contributed by atoms with Gasteiger partial charge in [0.05, 0.1) is 11.2 Å². The number of nitrogens with zero attached hydrogens (tertiary/aromatic N) is 4. The molecule has 3 rings (SSSR count). The van der Waals surface area contributed by atoms with Crippen LogP contribution in [0.15, 0.2) is 30.3 Å². The van der Waals surface area contributed by atoms with Gasteiger partial charge in [-0.1, -0.05) is 0 Å². The first-order valence-electron chi connectivity index (χ1n) is 7.78. The standard InChI is InChI=1S/C17H19FN6O/c1-10-19-16(22-21-10)17(2,3)20-15(25)13-9-14(24(4)23-13)11-5-7-12(18)8-6-11/h5-9H,1-4H3,(H,20,25)(H,19,21,22). The fourth-order valence-electron chi connectivity index (χ4n) is 2.50. The number of aromatic nitrogens is 5. The molecule has 0 unspecified atom stereocenters. The maximum atomic E-state index is 13.1. The number of rotatable bonds is 4. The van der Waals surface area contributed by atoms with Crippen molar-refractivity contribution in [1.82, 2.24) is 30.3 Å². The number of amides is 1. The monoisotopic (exact) mass is 342 g/mol. The Hall–Kier alpha value is -3.03. The molecule has 0 aliphatic heterocycles. The van der Waals surface area contributed by atoms with Gasteiger partial charge in [-0.2, -0.15) is 10.2 Å². The summed E-state index contributed by atoms with van der Waals surface area (Å²) in [4.78, 5) is 16.8. The van der Waals surface area contributed by atoms with E-state index in [0.29, 0.717) is 11.6 Å². The van der Waals surface area contributed by atoms with E-state index in [1.165, 1.54) is 12.1 Å². The molecule has 0 bridgehead atoms. The van der Waals surface area contributed by atoms with Gasteiger partial charge in [-0.3, -0.25) is 14.6 Å². The molecule has 2 N–H and O–H groups in total. The Balaban J connectivity index is 1.83. The molecule has 25 heavy (non-hydrogen) atoms. The molecule has 0 atom stereocenters. The average molecular weight is 342 g/mol. The molecule has 3 aromatic rings. The number of hydrogen-bond acceptors (Lipinski definition) is 4. The molecular formula is C17H19FN6O. The van der Waals surface area contributed by atoms with E-state index in [-0.39, 0.29) is 17.4 Å². The smallest absolute Gasteiger partial charge is 0.272 e. The van der Waals surface area contributed by atoms with Crippen LogP contribution in [0.2, 0.25) is 0 Å². The maximum absolute atomic E-state index is 13.1. The van der Waals surface area contributed by atoms with Crippen LogP contribution in [0.3, 0.4) is 0 Å². The van der Waals surface area contributed by atoms with Gasteiger partial charge in [-0.25, -0.2) is 9.37 Å². The van der Waals surface area contributed by atoms with Crippen molar-refractivity contribution in [2.75, 3.05) is 0 Å². The molecule has 0 radical (unpaired) electrons. The molecule has 0 saturated heterocycles. The van der Waals surface area contributed by atoms with E-state index in [1.54, 1.807) is 36.9 Å². The number of carbonyl (C=O) groups excluding carboxylic acids is 1. The summed E-state index contributed by atoms with van der Waals surface area (Å²) >= 11 is 0. The normalized spacial score (nSPS) is 11.6. The summed E-state index contributed by atoms with van der Waals surface area (Å²) in [6, 6.07) is 7.71. The Labute approximate surface area is 144 Å². The third-order valence-corrected chi connectivity index (χ3v) is 3.83. The highest BCUT2D eigenvalue weighted by molar-refractivity contribution is 5.93. The van der Waals surface area contributed by atoms with Gasteiger partial charge >= 0.3 is 0 Å². The summed E-state index contributed by atoms with van der Waals surface area (Å²) in [5.41, 5.74) is 1.01. The SMILES string of the molecule is Cc1nc(C(C)(C)NC(=O)c2cc(-c3ccc(F)cc3)n(C)n2)n[nH]1. The van der Waals surface area contributed by atoms with Gasteiger partial charge in [0.25, 0.3) is 5.91 Å². The highest BCUT2D eigenvalue weighted by atomic mass is 19.1. The topological polar surface area (TPSA) is 88.5 Å². The van der Waals surface area contributed by atoms with Gasteiger partial charge in [0, 0.05) is 7.05 Å². The van der Waals surface area contributed by atoms with Crippen molar-refractivity contribution < 1.29 is 9.18 Å². The van der Waals surface area contributed by atoms with E-state index >= 15 is 0 Å². The zero-order chi connectivity index (χ0) is 18.2. The molecule has 7 nitrogen and oxygen atoms in total. The van der Waals surface area contributed by atoms with Crippen LogP contribution in [0.5, 0.6) is 0 Å². The van der Waals surface area contributed by atoms with Crippen LogP contribution in [-0.4, -0.2) is 30.9 Å². The van der Waals surface area contributed by atoms with Crippen LogP contribution in [0.1, 0.15) is 36.0 Å². The summed E-state index contributed by atoms with van der Waals surface area (Å²) < 4.78 is 14.7. The molecule has 1 aromatic carbocycles. The van der Waals surface area contributed by atoms with E-state index in [4.69, 9.17) is 0 Å². The number of H-pyrrole nitrogens is 1. The van der Waals surface area contributed by atoms with Gasteiger partial charge in [-0.05, 0) is 56.7 Å². The number of aromatic amines is 1. The van der Waals surface area contributed by atoms with Crippen LogP contribution < -0.4 is 5.32 Å². The lowest BCUT2D eigenvalue weighted by Crippen LogP contribution is -2.42. The minimum atomic E-state index is -0.755. The molecule has 130 valence electrons. The lowest BCUT2D eigenvalue weighted by Gasteiger charge is -2.22. The quantitative estimate of drug-likeness (QED) is 0.761. The van der Waals surface area contributed by atoms with Gasteiger partial charge in [0.15, 0.2) is 11.5 Å². The predicted molar refractivity (Wildman–Crippen MR) is 90.2 cm³/mol. The predicted octanol–water partition coefficient (Wildman–Crippen LogP) is 2.32. The van der Waals surface area contributed by atoms with Crippen LogP contribution in [-0.2, 0) is 12.6 Å². The number of carbonyl (C=O) groups is 1. The van der Waals surface area contributed by atoms with Crippen molar-refractivity contribution >= 4 is 5.91 Å². The van der Waals surface area contributed by atoms with Crippen molar-refractivity contribution in [3.8, 4) is 11.3 Å². The van der Waals surface area contributed by atoms with Crippen molar-refractivity contribution in [1.29, 1.82) is 0 Å². The highest BCUT2D eigenvalue weighted by Gasteiger charge is 2.28. The Morgan fingerprint density at radius 3 is 2.56 bits per heavy atom. The summed E-state index contributed by atoms with van der Waals surface area (Å²) in [7, 11) is 1.74. The van der Waals surface area contributed by atoms with Gasteiger partial charge in [-0.15, -0.1) is 0 Å². The molecule has 1 amide bonds. The molecule has 0 saturated carbocycles. The second kappa shape index (κ2) is 6.12. The third kappa shape index (κ3) is 3.42. The molecular weight excluding hydrogens is 323 g/mol. The van der Waals surface area contributed by atoms with Crippen LogP contribution in [0.4, 0.5) is 4.39 Å². The average Bonchev–Trinajstić information content (AvgIpc) is 3.14. The van der Waals surface area contributed by atoms with Crippen molar-refractivity contribution in [2.45, 2.75) is 26.3 Å². The third-order valence-electron chi connectivity index (χ3n) is 3.83. The molecule has 2 aromatic heterocycles. The van der Waals surface area contributed by atoms with E-state index in [0.717, 1.165) is 11.3 Å². The molecule has 0 aliphatic carbocycles. The molecule has 0 spiro atoms. The maximum Gasteiger partial charge on any atom is 0.272 e. The van der Waals surface area contributed by atoms with E-state index in [9.17, 15) is 9.18 Å². The first kappa shape index (κ1) is 16.8. The summed E-state index contributed by atoms with van der Waals surface area (Å²) in [6.07, 6.45) is 0. The van der Waals surface area contributed by atoms with Gasteiger partial charge < -0.3 is 5.32 Å². The molecule has 0 fully saturated rings. The van der Waals surface area contributed by atoms with Crippen molar-refractivity contribution in [2.24, 2.45) is 7.05 Å². The zero-order valence-electron chi connectivity index (χ0n) is 14.5. The second-order valence-electron chi connectivity index (χ2n) is 6.37. The number of nitrogens with one attached hydrogen (secondary N) is 2. The second-order valence-corrected chi connectivity index (χ2v) is 6.37. The van der Waals surface area contributed by atoms with E-state index < -0.39 is 5.54 Å². The molecule has 8 heteroatoms. The highest BCUT2D eigenvalue weighted by Crippen LogP contribution is 2.21. The van der Waals surface area contributed by atoms with Crippen LogP contribution in [0, 0.1) is 12.7 Å². The van der Waals surface area contributed by atoms with Crippen molar-refractivity contribution in [3.05, 3.63) is 53.5 Å². The Bertz CT molecular complexity index is 910. The first-order chi connectivity index (χ1) is 11.8. The molecule has 2 heterocycles. The number of hydrogen-bond donors (Lipinski definition) is 2. The van der Waals surface area contributed by atoms with Crippen LogP contribution in [0.25, 0.3) is 11.3 Å². The Morgan fingerprint density at radius 2 is 1.96 bits per heavy atom.